The van der Waals surface area contributed by atoms with Gasteiger partial charge in [-0.1, -0.05) is 12.1 Å². The van der Waals surface area contributed by atoms with Gasteiger partial charge in [-0.2, -0.15) is 0 Å². The maximum atomic E-state index is 12.1. The van der Waals surface area contributed by atoms with Crippen LogP contribution in [0, 0.1) is 0 Å². The molecule has 1 aromatic carbocycles. The van der Waals surface area contributed by atoms with Crippen molar-refractivity contribution in [3.05, 3.63) is 29.8 Å². The van der Waals surface area contributed by atoms with Gasteiger partial charge in [0.15, 0.2) is 0 Å². The molecule has 0 unspecified atom stereocenters. The second-order valence-corrected chi connectivity index (χ2v) is 7.39. The molecular formula is C13H18N2O3S2. The van der Waals surface area contributed by atoms with Crippen molar-refractivity contribution in [2.24, 2.45) is 0 Å². The fraction of sp³-hybridized carbons (Fsp3) is 0.462. The van der Waals surface area contributed by atoms with E-state index < -0.39 is 10.0 Å². The van der Waals surface area contributed by atoms with Crippen molar-refractivity contribution < 1.29 is 13.2 Å². The van der Waals surface area contributed by atoms with Crippen molar-refractivity contribution in [1.82, 2.24) is 9.62 Å². The zero-order chi connectivity index (χ0) is 14.8. The van der Waals surface area contributed by atoms with Gasteiger partial charge in [-0.05, 0) is 25.0 Å². The summed E-state index contributed by atoms with van der Waals surface area (Å²) < 4.78 is 24.3. The van der Waals surface area contributed by atoms with E-state index in [0.29, 0.717) is 36.4 Å². The molecule has 5 nitrogen and oxygen atoms in total. The average molecular weight is 314 g/mol. The van der Waals surface area contributed by atoms with Crippen LogP contribution in [0.5, 0.6) is 0 Å². The number of hydrogen-bond acceptors (Lipinski definition) is 4. The number of amides is 1. The number of carbonyl (C=O) groups excluding carboxylic acids is 1. The number of carbonyl (C=O) groups is 1. The van der Waals surface area contributed by atoms with Crippen LogP contribution in [0.3, 0.4) is 0 Å². The van der Waals surface area contributed by atoms with Crippen LogP contribution in [-0.4, -0.2) is 44.0 Å². The minimum atomic E-state index is -3.13. The summed E-state index contributed by atoms with van der Waals surface area (Å²) in [6.45, 7) is 0.901. The number of thiol groups is 1. The summed E-state index contributed by atoms with van der Waals surface area (Å²) in [6, 6.07) is 7.12. The Hall–Kier alpha value is -1.05. The monoisotopic (exact) mass is 314 g/mol. The Bertz CT molecular complexity index is 593. The molecule has 0 atom stereocenters. The molecule has 1 fully saturated rings. The highest BCUT2D eigenvalue weighted by Gasteiger charge is 2.26. The first-order chi connectivity index (χ1) is 9.38. The highest BCUT2D eigenvalue weighted by molar-refractivity contribution is 7.88. The zero-order valence-corrected chi connectivity index (χ0v) is 13.0. The Labute approximate surface area is 124 Å². The van der Waals surface area contributed by atoms with E-state index in [4.69, 9.17) is 0 Å². The summed E-state index contributed by atoms with van der Waals surface area (Å²) in [5.41, 5.74) is 0.543. The third-order valence-electron chi connectivity index (χ3n) is 3.41. The predicted molar refractivity (Wildman–Crippen MR) is 80.6 cm³/mol. The summed E-state index contributed by atoms with van der Waals surface area (Å²) in [7, 11) is -3.13. The quantitative estimate of drug-likeness (QED) is 0.822. The van der Waals surface area contributed by atoms with Gasteiger partial charge in [-0.25, -0.2) is 12.7 Å². The Kier molecular flexibility index (Phi) is 4.72. The molecule has 1 heterocycles. The van der Waals surface area contributed by atoms with Crippen LogP contribution in [0.1, 0.15) is 23.2 Å². The lowest BCUT2D eigenvalue weighted by Gasteiger charge is -2.30. The molecule has 1 aliphatic rings. The molecule has 0 bridgehead atoms. The molecular weight excluding hydrogens is 296 g/mol. The third-order valence-corrected chi connectivity index (χ3v) is 5.10. The van der Waals surface area contributed by atoms with Gasteiger partial charge in [-0.15, -0.1) is 12.6 Å². The van der Waals surface area contributed by atoms with Gasteiger partial charge in [0.1, 0.15) is 0 Å². The van der Waals surface area contributed by atoms with Crippen molar-refractivity contribution in [2.75, 3.05) is 19.3 Å². The van der Waals surface area contributed by atoms with Gasteiger partial charge in [0, 0.05) is 24.0 Å². The van der Waals surface area contributed by atoms with E-state index in [1.165, 1.54) is 10.6 Å². The van der Waals surface area contributed by atoms with Crippen molar-refractivity contribution in [3.8, 4) is 0 Å². The number of rotatable bonds is 3. The molecule has 1 aromatic rings. The number of nitrogens with zero attached hydrogens (tertiary/aromatic N) is 1. The second kappa shape index (κ2) is 6.15. The number of piperidine rings is 1. The van der Waals surface area contributed by atoms with Crippen LogP contribution in [0.25, 0.3) is 0 Å². The summed E-state index contributed by atoms with van der Waals surface area (Å²) >= 11 is 4.26. The molecule has 110 valence electrons. The van der Waals surface area contributed by atoms with Crippen molar-refractivity contribution in [3.63, 3.8) is 0 Å². The van der Waals surface area contributed by atoms with Gasteiger partial charge in [0.2, 0.25) is 10.0 Å². The molecule has 0 spiro atoms. The Morgan fingerprint density at radius 1 is 1.30 bits per heavy atom. The predicted octanol–water partition coefficient (Wildman–Crippen LogP) is 1.13. The fourth-order valence-electron chi connectivity index (χ4n) is 2.26. The van der Waals surface area contributed by atoms with Crippen LogP contribution in [-0.2, 0) is 10.0 Å². The van der Waals surface area contributed by atoms with Crippen LogP contribution in [0.2, 0.25) is 0 Å². The number of benzene rings is 1. The molecule has 2 rings (SSSR count). The van der Waals surface area contributed by atoms with Gasteiger partial charge in [0.25, 0.3) is 5.91 Å². The highest BCUT2D eigenvalue weighted by Crippen LogP contribution is 2.16. The topological polar surface area (TPSA) is 66.5 Å². The SMILES string of the molecule is CS(=O)(=O)N1CCC(NC(=O)c2ccccc2S)CC1. The lowest BCUT2D eigenvalue weighted by atomic mass is 10.1. The maximum absolute atomic E-state index is 12.1. The van der Waals surface area contributed by atoms with Crippen molar-refractivity contribution >= 4 is 28.6 Å². The number of sulfonamides is 1. The van der Waals surface area contributed by atoms with E-state index in [-0.39, 0.29) is 11.9 Å². The first kappa shape index (κ1) is 15.3. The Morgan fingerprint density at radius 2 is 1.90 bits per heavy atom. The average Bonchev–Trinajstić information content (AvgIpc) is 2.38. The van der Waals surface area contributed by atoms with Crippen molar-refractivity contribution in [1.29, 1.82) is 0 Å². The molecule has 1 aliphatic heterocycles. The lowest BCUT2D eigenvalue weighted by molar-refractivity contribution is 0.0921. The maximum Gasteiger partial charge on any atom is 0.252 e. The summed E-state index contributed by atoms with van der Waals surface area (Å²) in [5, 5.41) is 2.94. The van der Waals surface area contributed by atoms with Crippen LogP contribution in [0.4, 0.5) is 0 Å². The molecule has 1 amide bonds. The summed E-state index contributed by atoms with van der Waals surface area (Å²) in [6.07, 6.45) is 2.48. The molecule has 1 N–H and O–H groups in total. The Morgan fingerprint density at radius 3 is 2.45 bits per heavy atom. The molecule has 7 heteroatoms. The van der Waals surface area contributed by atoms with E-state index in [0.717, 1.165) is 0 Å². The van der Waals surface area contributed by atoms with Gasteiger partial charge in [-0.3, -0.25) is 4.79 Å². The lowest BCUT2D eigenvalue weighted by Crippen LogP contribution is -2.46. The molecule has 0 aliphatic carbocycles. The van der Waals surface area contributed by atoms with E-state index >= 15 is 0 Å². The molecule has 0 radical (unpaired) electrons. The van der Waals surface area contributed by atoms with Crippen LogP contribution >= 0.6 is 12.6 Å². The highest BCUT2D eigenvalue weighted by atomic mass is 32.2. The standard InChI is InChI=1S/C13H18N2O3S2/c1-20(17,18)15-8-6-10(7-9-15)14-13(16)11-4-2-3-5-12(11)19/h2-5,10,19H,6-9H2,1H3,(H,14,16). The third kappa shape index (κ3) is 3.74. The van der Waals surface area contributed by atoms with Crippen LogP contribution < -0.4 is 5.32 Å². The summed E-state index contributed by atoms with van der Waals surface area (Å²) in [5.74, 6) is -0.159. The van der Waals surface area contributed by atoms with Crippen LogP contribution in [0.15, 0.2) is 29.2 Å². The van der Waals surface area contributed by atoms with E-state index in [9.17, 15) is 13.2 Å². The van der Waals surface area contributed by atoms with E-state index in [2.05, 4.69) is 17.9 Å². The largest absolute Gasteiger partial charge is 0.349 e. The fourth-order valence-corrected chi connectivity index (χ4v) is 3.40. The first-order valence-corrected chi connectivity index (χ1v) is 8.71. The minimum absolute atomic E-state index is 0.00781. The summed E-state index contributed by atoms with van der Waals surface area (Å²) in [4.78, 5) is 12.8. The number of hydrogen-bond donors (Lipinski definition) is 2. The smallest absolute Gasteiger partial charge is 0.252 e. The first-order valence-electron chi connectivity index (χ1n) is 6.42. The zero-order valence-electron chi connectivity index (χ0n) is 11.2. The van der Waals surface area contributed by atoms with Gasteiger partial charge >= 0.3 is 0 Å². The molecule has 20 heavy (non-hydrogen) atoms. The molecule has 0 aromatic heterocycles. The van der Waals surface area contributed by atoms with Crippen molar-refractivity contribution in [2.45, 2.75) is 23.8 Å². The van der Waals surface area contributed by atoms with E-state index in [1.54, 1.807) is 18.2 Å². The Balaban J connectivity index is 1.93. The van der Waals surface area contributed by atoms with Gasteiger partial charge in [0.05, 0.1) is 11.8 Å². The minimum Gasteiger partial charge on any atom is -0.349 e. The van der Waals surface area contributed by atoms with Gasteiger partial charge < -0.3 is 5.32 Å². The normalized spacial score (nSPS) is 17.9. The molecule has 1 saturated heterocycles. The second-order valence-electron chi connectivity index (χ2n) is 4.93. The van der Waals surface area contributed by atoms with E-state index in [1.807, 2.05) is 6.07 Å². The number of nitrogens with one attached hydrogen (secondary N) is 1. The molecule has 0 saturated carbocycles.